The number of nitrogens with one attached hydrogen (secondary N) is 1. The first kappa shape index (κ1) is 16.1. The van der Waals surface area contributed by atoms with E-state index in [9.17, 15) is 4.79 Å². The first-order valence-corrected chi connectivity index (χ1v) is 7.68. The lowest BCUT2D eigenvalue weighted by Gasteiger charge is -2.27. The van der Waals surface area contributed by atoms with Gasteiger partial charge in [-0.1, -0.05) is 0 Å². The van der Waals surface area contributed by atoms with Crippen molar-refractivity contribution in [3.05, 3.63) is 29.8 Å². The predicted octanol–water partition coefficient (Wildman–Crippen LogP) is 1.23. The molecule has 6 heteroatoms. The summed E-state index contributed by atoms with van der Waals surface area (Å²) in [7, 11) is 1.60. The van der Waals surface area contributed by atoms with Crippen molar-refractivity contribution in [3.8, 4) is 5.75 Å². The lowest BCUT2D eigenvalue weighted by molar-refractivity contribution is 0.0954. The maximum Gasteiger partial charge on any atom is 0.251 e. The van der Waals surface area contributed by atoms with E-state index >= 15 is 0 Å². The van der Waals surface area contributed by atoms with Gasteiger partial charge in [0, 0.05) is 25.2 Å². The molecule has 1 aromatic carbocycles. The Morgan fingerprint density at radius 1 is 1.27 bits per heavy atom. The van der Waals surface area contributed by atoms with Gasteiger partial charge in [0.15, 0.2) is 5.96 Å². The van der Waals surface area contributed by atoms with Crippen molar-refractivity contribution >= 4 is 11.9 Å². The summed E-state index contributed by atoms with van der Waals surface area (Å²) in [6.07, 6.45) is 3.61. The van der Waals surface area contributed by atoms with Crippen molar-refractivity contribution < 1.29 is 9.53 Å². The van der Waals surface area contributed by atoms with Crippen LogP contribution in [0.4, 0.5) is 0 Å². The Morgan fingerprint density at radius 3 is 2.59 bits per heavy atom. The molecule has 22 heavy (non-hydrogen) atoms. The van der Waals surface area contributed by atoms with Crippen LogP contribution in [0.5, 0.6) is 5.75 Å². The molecule has 1 heterocycles. The van der Waals surface area contributed by atoms with E-state index in [0.29, 0.717) is 24.6 Å². The van der Waals surface area contributed by atoms with Crippen LogP contribution in [0.1, 0.15) is 29.6 Å². The summed E-state index contributed by atoms with van der Waals surface area (Å²) in [5.74, 6) is 1.20. The Morgan fingerprint density at radius 2 is 1.95 bits per heavy atom. The molecule has 0 spiro atoms. The van der Waals surface area contributed by atoms with E-state index in [1.807, 2.05) is 0 Å². The third-order valence-electron chi connectivity index (χ3n) is 3.70. The molecular formula is C16H24N4O2. The number of amides is 1. The van der Waals surface area contributed by atoms with Crippen LogP contribution in [0.15, 0.2) is 29.3 Å². The van der Waals surface area contributed by atoms with Crippen molar-refractivity contribution in [2.75, 3.05) is 33.3 Å². The van der Waals surface area contributed by atoms with Gasteiger partial charge in [-0.15, -0.1) is 0 Å². The first-order valence-electron chi connectivity index (χ1n) is 7.68. The minimum atomic E-state index is -0.116. The van der Waals surface area contributed by atoms with Crippen molar-refractivity contribution in [2.45, 2.75) is 19.3 Å². The van der Waals surface area contributed by atoms with E-state index in [0.717, 1.165) is 18.8 Å². The Hall–Kier alpha value is -2.24. The zero-order chi connectivity index (χ0) is 15.8. The van der Waals surface area contributed by atoms with Gasteiger partial charge in [-0.05, 0) is 43.5 Å². The Balaban J connectivity index is 1.74. The second-order valence-electron chi connectivity index (χ2n) is 5.27. The highest BCUT2D eigenvalue weighted by Crippen LogP contribution is 2.11. The van der Waals surface area contributed by atoms with E-state index in [4.69, 9.17) is 10.5 Å². The maximum atomic E-state index is 11.9. The maximum absolute atomic E-state index is 11.9. The quantitative estimate of drug-likeness (QED) is 0.487. The minimum Gasteiger partial charge on any atom is -0.497 e. The molecule has 1 saturated heterocycles. The molecule has 1 aliphatic rings. The zero-order valence-electron chi connectivity index (χ0n) is 13.0. The van der Waals surface area contributed by atoms with Crippen LogP contribution < -0.4 is 15.8 Å². The summed E-state index contributed by atoms with van der Waals surface area (Å²) >= 11 is 0. The molecule has 1 fully saturated rings. The van der Waals surface area contributed by atoms with Crippen LogP contribution in [-0.4, -0.2) is 50.1 Å². The number of rotatable bonds is 5. The summed E-state index contributed by atoms with van der Waals surface area (Å²) < 4.78 is 5.06. The van der Waals surface area contributed by atoms with Gasteiger partial charge in [0.2, 0.25) is 0 Å². The first-order chi connectivity index (χ1) is 10.7. The number of hydrogen-bond donors (Lipinski definition) is 2. The van der Waals surface area contributed by atoms with Gasteiger partial charge in [0.1, 0.15) is 5.75 Å². The minimum absolute atomic E-state index is 0.116. The van der Waals surface area contributed by atoms with Crippen molar-refractivity contribution in [1.29, 1.82) is 0 Å². The average Bonchev–Trinajstić information content (AvgIpc) is 2.59. The topological polar surface area (TPSA) is 79.9 Å². The molecule has 1 aromatic rings. The summed E-state index contributed by atoms with van der Waals surface area (Å²) in [5.41, 5.74) is 6.56. The highest BCUT2D eigenvalue weighted by atomic mass is 16.5. The van der Waals surface area contributed by atoms with Gasteiger partial charge in [-0.3, -0.25) is 9.79 Å². The fourth-order valence-corrected chi connectivity index (χ4v) is 2.41. The van der Waals surface area contributed by atoms with Gasteiger partial charge in [-0.2, -0.15) is 0 Å². The Kier molecular flexibility index (Phi) is 6.06. The number of ether oxygens (including phenoxy) is 1. The van der Waals surface area contributed by atoms with Crippen molar-refractivity contribution in [1.82, 2.24) is 10.2 Å². The summed E-state index contributed by atoms with van der Waals surface area (Å²) in [6, 6.07) is 7.00. The van der Waals surface area contributed by atoms with Gasteiger partial charge in [0.25, 0.3) is 5.91 Å². The number of piperidine rings is 1. The smallest absolute Gasteiger partial charge is 0.251 e. The molecule has 0 radical (unpaired) electrons. The summed E-state index contributed by atoms with van der Waals surface area (Å²) in [4.78, 5) is 18.4. The van der Waals surface area contributed by atoms with Crippen LogP contribution in [0.2, 0.25) is 0 Å². The molecule has 2 rings (SSSR count). The van der Waals surface area contributed by atoms with Crippen LogP contribution in [-0.2, 0) is 0 Å². The average molecular weight is 304 g/mol. The third kappa shape index (κ3) is 4.65. The second-order valence-corrected chi connectivity index (χ2v) is 5.27. The largest absolute Gasteiger partial charge is 0.497 e. The molecule has 0 unspecified atom stereocenters. The molecule has 120 valence electrons. The van der Waals surface area contributed by atoms with E-state index in [2.05, 4.69) is 15.2 Å². The summed E-state index contributed by atoms with van der Waals surface area (Å²) in [6.45, 7) is 2.92. The molecule has 0 atom stereocenters. The van der Waals surface area contributed by atoms with Crippen LogP contribution in [0, 0.1) is 0 Å². The number of nitrogens with zero attached hydrogens (tertiary/aromatic N) is 2. The molecule has 0 bridgehead atoms. The third-order valence-corrected chi connectivity index (χ3v) is 3.70. The monoisotopic (exact) mass is 304 g/mol. The van der Waals surface area contributed by atoms with Crippen molar-refractivity contribution in [2.24, 2.45) is 10.7 Å². The van der Waals surface area contributed by atoms with Gasteiger partial charge in [0.05, 0.1) is 13.7 Å². The Bertz CT molecular complexity index is 507. The van der Waals surface area contributed by atoms with E-state index in [1.165, 1.54) is 19.3 Å². The molecular weight excluding hydrogens is 280 g/mol. The number of carbonyl (C=O) groups is 1. The van der Waals surface area contributed by atoms with Gasteiger partial charge < -0.3 is 20.7 Å². The number of methoxy groups -OCH3 is 1. The molecule has 3 N–H and O–H groups in total. The Labute approximate surface area is 131 Å². The lowest BCUT2D eigenvalue weighted by Crippen LogP contribution is -2.41. The molecule has 0 saturated carbocycles. The summed E-state index contributed by atoms with van der Waals surface area (Å²) in [5, 5.41) is 2.83. The zero-order valence-corrected chi connectivity index (χ0v) is 13.0. The predicted molar refractivity (Wildman–Crippen MR) is 87.2 cm³/mol. The van der Waals surface area contributed by atoms with Gasteiger partial charge in [-0.25, -0.2) is 0 Å². The highest BCUT2D eigenvalue weighted by molar-refractivity contribution is 5.94. The lowest BCUT2D eigenvalue weighted by atomic mass is 10.1. The van der Waals surface area contributed by atoms with E-state index in [-0.39, 0.29) is 5.91 Å². The number of aliphatic imine (C=N–C) groups is 1. The molecule has 0 aliphatic carbocycles. The van der Waals surface area contributed by atoms with Crippen LogP contribution in [0.25, 0.3) is 0 Å². The van der Waals surface area contributed by atoms with Crippen molar-refractivity contribution in [3.63, 3.8) is 0 Å². The van der Waals surface area contributed by atoms with Crippen LogP contribution >= 0.6 is 0 Å². The number of guanidine groups is 1. The standard InChI is InChI=1S/C16H24N4O2/c1-22-14-7-5-13(6-8-14)15(21)18-9-10-19-16(17)20-11-3-2-4-12-20/h5-8H,2-4,9-12H2,1H3,(H2,17,19)(H,18,21). The number of hydrogen-bond acceptors (Lipinski definition) is 3. The number of carbonyl (C=O) groups excluding carboxylic acids is 1. The highest BCUT2D eigenvalue weighted by Gasteiger charge is 2.11. The number of likely N-dealkylation sites (tertiary alicyclic amines) is 1. The molecule has 6 nitrogen and oxygen atoms in total. The second kappa shape index (κ2) is 8.26. The molecule has 1 amide bonds. The fraction of sp³-hybridized carbons (Fsp3) is 0.500. The molecule has 1 aliphatic heterocycles. The normalized spacial score (nSPS) is 15.5. The SMILES string of the molecule is COc1ccc(C(=O)NCCN=C(N)N2CCCCC2)cc1. The number of nitrogens with two attached hydrogens (primary N) is 1. The van der Waals surface area contributed by atoms with Crippen LogP contribution in [0.3, 0.4) is 0 Å². The number of benzene rings is 1. The van der Waals surface area contributed by atoms with Gasteiger partial charge >= 0.3 is 0 Å². The van der Waals surface area contributed by atoms with E-state index in [1.54, 1.807) is 31.4 Å². The van der Waals surface area contributed by atoms with E-state index < -0.39 is 0 Å². The molecule has 0 aromatic heterocycles. The fourth-order valence-electron chi connectivity index (χ4n) is 2.41.